The van der Waals surface area contributed by atoms with Crippen LogP contribution >= 0.6 is 23.2 Å². The molecule has 0 aromatic heterocycles. The van der Waals surface area contributed by atoms with Crippen LogP contribution in [0.25, 0.3) is 0 Å². The maximum Gasteiger partial charge on any atom is 0.0435 e. The van der Waals surface area contributed by atoms with Crippen molar-refractivity contribution < 1.29 is 0 Å². The Balaban J connectivity index is 0.000000171. The Bertz CT molecular complexity index is 469. The van der Waals surface area contributed by atoms with Crippen molar-refractivity contribution in [2.45, 2.75) is 20.8 Å². The van der Waals surface area contributed by atoms with E-state index in [9.17, 15) is 0 Å². The Hall–Kier alpha value is -0.980. The smallest absolute Gasteiger partial charge is 0.0435 e. The second kappa shape index (κ2) is 6.68. The lowest BCUT2D eigenvalue weighted by molar-refractivity contribution is 1.39. The molecule has 0 unspecified atom stereocenters. The van der Waals surface area contributed by atoms with Crippen LogP contribution < -0.4 is 0 Å². The van der Waals surface area contributed by atoms with Gasteiger partial charge >= 0.3 is 0 Å². The molecule has 2 rings (SSSR count). The standard InChI is InChI=1S/C8H9Cl.C7H7Cl/c1-6-3-4-8(9)7(2)5-6;1-6-4-2-3-5-7(6)8/h3-5H,1-2H3;2-5H,1H3. The highest BCUT2D eigenvalue weighted by molar-refractivity contribution is 6.31. The molecule has 0 nitrogen and oxygen atoms in total. The minimum absolute atomic E-state index is 0.840. The maximum atomic E-state index is 5.78. The maximum absolute atomic E-state index is 5.78. The largest absolute Gasteiger partial charge is 0.0841 e. The molecule has 0 heterocycles. The van der Waals surface area contributed by atoms with Crippen LogP contribution in [0.4, 0.5) is 0 Å². The van der Waals surface area contributed by atoms with Gasteiger partial charge in [-0.05, 0) is 44.0 Å². The zero-order valence-corrected chi connectivity index (χ0v) is 11.8. The van der Waals surface area contributed by atoms with Crippen molar-refractivity contribution in [3.05, 3.63) is 69.2 Å². The molecule has 2 aromatic rings. The molecular formula is C15H16Cl2. The summed E-state index contributed by atoms with van der Waals surface area (Å²) in [6, 6.07) is 13.8. The highest BCUT2D eigenvalue weighted by Crippen LogP contribution is 2.15. The molecule has 90 valence electrons. The van der Waals surface area contributed by atoms with E-state index in [2.05, 4.69) is 13.0 Å². The predicted octanol–water partition coefficient (Wildman–Crippen LogP) is 5.61. The topological polar surface area (TPSA) is 0 Å². The molecule has 0 aliphatic carbocycles. The van der Waals surface area contributed by atoms with Crippen molar-refractivity contribution in [1.29, 1.82) is 0 Å². The SMILES string of the molecule is Cc1ccc(Cl)c(C)c1.Cc1ccccc1Cl. The van der Waals surface area contributed by atoms with Crippen LogP contribution in [0.1, 0.15) is 16.7 Å². The molecule has 0 aliphatic heterocycles. The lowest BCUT2D eigenvalue weighted by Crippen LogP contribution is -1.75. The molecule has 0 fully saturated rings. The summed E-state index contributed by atoms with van der Waals surface area (Å²) in [5.41, 5.74) is 3.54. The summed E-state index contributed by atoms with van der Waals surface area (Å²) >= 11 is 11.5. The van der Waals surface area contributed by atoms with Crippen LogP contribution in [0, 0.1) is 20.8 Å². The van der Waals surface area contributed by atoms with E-state index in [0.29, 0.717) is 0 Å². The highest BCUT2D eigenvalue weighted by Gasteiger charge is 1.91. The number of benzene rings is 2. The van der Waals surface area contributed by atoms with Gasteiger partial charge in [-0.15, -0.1) is 0 Å². The molecule has 17 heavy (non-hydrogen) atoms. The fourth-order valence-electron chi connectivity index (χ4n) is 1.35. The summed E-state index contributed by atoms with van der Waals surface area (Å²) in [6.07, 6.45) is 0. The van der Waals surface area contributed by atoms with E-state index in [-0.39, 0.29) is 0 Å². The monoisotopic (exact) mass is 266 g/mol. The van der Waals surface area contributed by atoms with Gasteiger partial charge in [-0.25, -0.2) is 0 Å². The molecule has 0 aliphatic rings. The van der Waals surface area contributed by atoms with Gasteiger partial charge in [0.2, 0.25) is 0 Å². The summed E-state index contributed by atoms with van der Waals surface area (Å²) in [5.74, 6) is 0. The summed E-state index contributed by atoms with van der Waals surface area (Å²) in [6.45, 7) is 6.06. The van der Waals surface area contributed by atoms with Gasteiger partial charge in [-0.2, -0.15) is 0 Å². The van der Waals surface area contributed by atoms with E-state index >= 15 is 0 Å². The van der Waals surface area contributed by atoms with Gasteiger partial charge in [0.1, 0.15) is 0 Å². The second-order valence-electron chi connectivity index (χ2n) is 4.00. The third kappa shape index (κ3) is 4.80. The normalized spacial score (nSPS) is 9.47. The van der Waals surface area contributed by atoms with E-state index in [1.54, 1.807) is 0 Å². The minimum Gasteiger partial charge on any atom is -0.0841 e. The first-order chi connectivity index (χ1) is 8.00. The first kappa shape index (κ1) is 14.1. The Morgan fingerprint density at radius 3 is 1.71 bits per heavy atom. The molecule has 2 heteroatoms. The number of hydrogen-bond acceptors (Lipinski definition) is 0. The molecule has 0 spiro atoms. The van der Waals surface area contributed by atoms with Crippen LogP contribution in [0.2, 0.25) is 10.0 Å². The van der Waals surface area contributed by atoms with Crippen LogP contribution in [0.3, 0.4) is 0 Å². The zero-order chi connectivity index (χ0) is 12.8. The van der Waals surface area contributed by atoms with Crippen LogP contribution in [0.5, 0.6) is 0 Å². The molecule has 0 atom stereocenters. The lowest BCUT2D eigenvalue weighted by Gasteiger charge is -1.96. The van der Waals surface area contributed by atoms with Crippen molar-refractivity contribution in [1.82, 2.24) is 0 Å². The summed E-state index contributed by atoms with van der Waals surface area (Å²) in [5, 5.41) is 1.69. The Morgan fingerprint density at radius 2 is 1.29 bits per heavy atom. The number of aryl methyl sites for hydroxylation is 3. The Labute approximate surface area is 113 Å². The van der Waals surface area contributed by atoms with Crippen molar-refractivity contribution in [2.75, 3.05) is 0 Å². The molecule has 0 radical (unpaired) electrons. The zero-order valence-electron chi connectivity index (χ0n) is 10.3. The Kier molecular flexibility index (Phi) is 5.54. The van der Waals surface area contributed by atoms with Gasteiger partial charge in [-0.1, -0.05) is 59.1 Å². The average Bonchev–Trinajstić information content (AvgIpc) is 2.29. The van der Waals surface area contributed by atoms with E-state index in [0.717, 1.165) is 21.2 Å². The number of rotatable bonds is 0. The van der Waals surface area contributed by atoms with Crippen molar-refractivity contribution in [2.24, 2.45) is 0 Å². The number of halogens is 2. The van der Waals surface area contributed by atoms with Gasteiger partial charge in [0.15, 0.2) is 0 Å². The number of hydrogen-bond donors (Lipinski definition) is 0. The van der Waals surface area contributed by atoms with Crippen LogP contribution in [-0.4, -0.2) is 0 Å². The van der Waals surface area contributed by atoms with E-state index in [1.807, 2.05) is 50.2 Å². The molecule has 0 saturated carbocycles. The average molecular weight is 267 g/mol. The fraction of sp³-hybridized carbons (Fsp3) is 0.200. The van der Waals surface area contributed by atoms with E-state index in [1.165, 1.54) is 5.56 Å². The fourth-order valence-corrected chi connectivity index (χ4v) is 1.60. The Morgan fingerprint density at radius 1 is 0.706 bits per heavy atom. The molecule has 0 saturated heterocycles. The van der Waals surface area contributed by atoms with Gasteiger partial charge in [-0.3, -0.25) is 0 Å². The van der Waals surface area contributed by atoms with Gasteiger partial charge in [0.25, 0.3) is 0 Å². The van der Waals surface area contributed by atoms with Crippen LogP contribution in [-0.2, 0) is 0 Å². The van der Waals surface area contributed by atoms with Gasteiger partial charge in [0, 0.05) is 10.0 Å². The minimum atomic E-state index is 0.840. The second-order valence-corrected chi connectivity index (χ2v) is 4.82. The molecule has 0 N–H and O–H groups in total. The summed E-state index contributed by atoms with van der Waals surface area (Å²) in [4.78, 5) is 0. The molecule has 0 bridgehead atoms. The van der Waals surface area contributed by atoms with E-state index in [4.69, 9.17) is 23.2 Å². The molecule has 2 aromatic carbocycles. The van der Waals surface area contributed by atoms with Gasteiger partial charge in [0.05, 0.1) is 0 Å². The van der Waals surface area contributed by atoms with Crippen molar-refractivity contribution in [3.8, 4) is 0 Å². The quantitative estimate of drug-likeness (QED) is 0.582. The lowest BCUT2D eigenvalue weighted by atomic mass is 10.2. The molecule has 0 amide bonds. The first-order valence-electron chi connectivity index (χ1n) is 5.44. The third-order valence-corrected chi connectivity index (χ3v) is 3.24. The van der Waals surface area contributed by atoms with E-state index < -0.39 is 0 Å². The predicted molar refractivity (Wildman–Crippen MR) is 77.1 cm³/mol. The summed E-state index contributed by atoms with van der Waals surface area (Å²) in [7, 11) is 0. The van der Waals surface area contributed by atoms with Crippen molar-refractivity contribution >= 4 is 23.2 Å². The summed E-state index contributed by atoms with van der Waals surface area (Å²) < 4.78 is 0. The third-order valence-electron chi connectivity index (χ3n) is 2.39. The first-order valence-corrected chi connectivity index (χ1v) is 6.20. The highest BCUT2D eigenvalue weighted by atomic mass is 35.5. The molecular weight excluding hydrogens is 251 g/mol. The van der Waals surface area contributed by atoms with Crippen LogP contribution in [0.15, 0.2) is 42.5 Å². The van der Waals surface area contributed by atoms with Crippen molar-refractivity contribution in [3.63, 3.8) is 0 Å². The van der Waals surface area contributed by atoms with Gasteiger partial charge < -0.3 is 0 Å².